The summed E-state index contributed by atoms with van der Waals surface area (Å²) in [5, 5.41) is 2.58. The highest BCUT2D eigenvalue weighted by molar-refractivity contribution is 7.92. The molecule has 0 bridgehead atoms. The zero-order chi connectivity index (χ0) is 26.0. The molecule has 0 saturated heterocycles. The molecule has 0 radical (unpaired) electrons. The zero-order valence-electron chi connectivity index (χ0n) is 21.0. The van der Waals surface area contributed by atoms with E-state index in [0.717, 1.165) is 11.8 Å². The van der Waals surface area contributed by atoms with Crippen molar-refractivity contribution in [3.05, 3.63) is 54.1 Å². The number of carbonyl (C=O) groups is 2. The second-order valence-corrected chi connectivity index (χ2v) is 9.94. The van der Waals surface area contributed by atoms with E-state index in [0.29, 0.717) is 23.8 Å². The van der Waals surface area contributed by atoms with Crippen LogP contribution in [0.4, 0.5) is 5.69 Å². The molecule has 9 nitrogen and oxygen atoms in total. The first-order chi connectivity index (χ1) is 16.6. The van der Waals surface area contributed by atoms with Crippen LogP contribution in [0.5, 0.6) is 11.5 Å². The largest absolute Gasteiger partial charge is 0.497 e. The maximum absolute atomic E-state index is 13.2. The van der Waals surface area contributed by atoms with Gasteiger partial charge in [-0.25, -0.2) is 8.42 Å². The van der Waals surface area contributed by atoms with Crippen LogP contribution in [0.3, 0.4) is 0 Å². The standard InChI is InChI=1S/C25H35N3O6S/c1-6-34-22-14-12-21(13-15-22)28(35(5,31)32)16-8-11-24(29)27(19(2)25(30)26-3)18-20-9-7-10-23(17-20)33-4/h7,9-10,12-15,17,19H,6,8,11,16,18H2,1-5H3,(H,26,30). The molecule has 0 fully saturated rings. The summed E-state index contributed by atoms with van der Waals surface area (Å²) in [6, 6.07) is 13.4. The molecule has 0 spiro atoms. The molecule has 0 aliphatic rings. The topological polar surface area (TPSA) is 105 Å². The summed E-state index contributed by atoms with van der Waals surface area (Å²) in [7, 11) is -0.477. The van der Waals surface area contributed by atoms with Crippen LogP contribution < -0.4 is 19.1 Å². The van der Waals surface area contributed by atoms with E-state index in [1.54, 1.807) is 44.4 Å². The first-order valence-electron chi connectivity index (χ1n) is 11.4. The predicted octanol–water partition coefficient (Wildman–Crippen LogP) is 2.80. The molecule has 192 valence electrons. The number of carbonyl (C=O) groups excluding carboxylic acids is 2. The fourth-order valence-electron chi connectivity index (χ4n) is 3.64. The fraction of sp³-hybridized carbons (Fsp3) is 0.440. The van der Waals surface area contributed by atoms with Gasteiger partial charge >= 0.3 is 0 Å². The fourth-order valence-corrected chi connectivity index (χ4v) is 4.60. The van der Waals surface area contributed by atoms with Gasteiger partial charge in [-0.15, -0.1) is 0 Å². The summed E-state index contributed by atoms with van der Waals surface area (Å²) >= 11 is 0. The van der Waals surface area contributed by atoms with Gasteiger partial charge in [0, 0.05) is 26.6 Å². The van der Waals surface area contributed by atoms with E-state index in [1.165, 1.54) is 16.3 Å². The molecule has 1 atom stereocenters. The molecule has 0 saturated carbocycles. The Hall–Kier alpha value is -3.27. The number of hydrogen-bond donors (Lipinski definition) is 1. The van der Waals surface area contributed by atoms with Crippen LogP contribution in [0.1, 0.15) is 32.3 Å². The molecule has 10 heteroatoms. The minimum atomic E-state index is -3.56. The van der Waals surface area contributed by atoms with Gasteiger partial charge in [-0.2, -0.15) is 0 Å². The molecule has 2 aromatic rings. The van der Waals surface area contributed by atoms with Crippen LogP contribution in [-0.4, -0.2) is 64.7 Å². The van der Waals surface area contributed by atoms with Crippen molar-refractivity contribution in [3.63, 3.8) is 0 Å². The minimum Gasteiger partial charge on any atom is -0.497 e. The summed E-state index contributed by atoms with van der Waals surface area (Å²) in [4.78, 5) is 27.0. The molecule has 2 amide bonds. The number of nitrogens with one attached hydrogen (secondary N) is 1. The zero-order valence-corrected chi connectivity index (χ0v) is 21.8. The third-order valence-electron chi connectivity index (χ3n) is 5.49. The third kappa shape index (κ3) is 8.17. The van der Waals surface area contributed by atoms with Gasteiger partial charge in [-0.05, 0) is 62.2 Å². The van der Waals surface area contributed by atoms with E-state index >= 15 is 0 Å². The van der Waals surface area contributed by atoms with Gasteiger partial charge < -0.3 is 19.7 Å². The van der Waals surface area contributed by atoms with Crippen molar-refractivity contribution in [1.29, 1.82) is 0 Å². The van der Waals surface area contributed by atoms with Crippen molar-refractivity contribution in [2.45, 2.75) is 39.3 Å². The molecule has 0 aliphatic carbocycles. The molecular weight excluding hydrogens is 470 g/mol. The number of methoxy groups -OCH3 is 1. The van der Waals surface area contributed by atoms with Crippen LogP contribution in [0, 0.1) is 0 Å². The minimum absolute atomic E-state index is 0.0777. The summed E-state index contributed by atoms with van der Waals surface area (Å²) in [6.07, 6.45) is 1.50. The average Bonchev–Trinajstić information content (AvgIpc) is 2.84. The Balaban J connectivity index is 2.14. The van der Waals surface area contributed by atoms with E-state index in [-0.39, 0.29) is 37.7 Å². The maximum atomic E-state index is 13.2. The molecule has 0 aliphatic heterocycles. The number of benzene rings is 2. The lowest BCUT2D eigenvalue weighted by Gasteiger charge is -2.29. The second-order valence-electron chi connectivity index (χ2n) is 8.03. The van der Waals surface area contributed by atoms with Crippen LogP contribution in [0.2, 0.25) is 0 Å². The van der Waals surface area contributed by atoms with E-state index in [2.05, 4.69) is 5.32 Å². The first-order valence-corrected chi connectivity index (χ1v) is 13.3. The molecule has 2 rings (SSSR count). The number of anilines is 1. The normalized spacial score (nSPS) is 11.9. The molecule has 1 N–H and O–H groups in total. The van der Waals surface area contributed by atoms with Crippen molar-refractivity contribution in [3.8, 4) is 11.5 Å². The van der Waals surface area contributed by atoms with Gasteiger partial charge in [0.05, 0.1) is 25.7 Å². The van der Waals surface area contributed by atoms with E-state index in [4.69, 9.17) is 9.47 Å². The van der Waals surface area contributed by atoms with Crippen molar-refractivity contribution in [1.82, 2.24) is 10.2 Å². The highest BCUT2D eigenvalue weighted by atomic mass is 32.2. The Bertz CT molecular complexity index is 1090. The van der Waals surface area contributed by atoms with Gasteiger partial charge in [0.15, 0.2) is 0 Å². The van der Waals surface area contributed by atoms with Crippen LogP contribution in [0.15, 0.2) is 48.5 Å². The van der Waals surface area contributed by atoms with Crippen LogP contribution in [0.25, 0.3) is 0 Å². The van der Waals surface area contributed by atoms with Gasteiger partial charge in [0.1, 0.15) is 17.5 Å². The van der Waals surface area contributed by atoms with Crippen LogP contribution >= 0.6 is 0 Å². The SMILES string of the molecule is CCOc1ccc(N(CCCC(=O)N(Cc2cccc(OC)c2)C(C)C(=O)NC)S(C)(=O)=O)cc1. The Kier molecular flexibility index (Phi) is 10.4. The summed E-state index contributed by atoms with van der Waals surface area (Å²) in [5.74, 6) is 0.773. The molecule has 35 heavy (non-hydrogen) atoms. The van der Waals surface area contributed by atoms with E-state index < -0.39 is 16.1 Å². The molecule has 0 aromatic heterocycles. The van der Waals surface area contributed by atoms with E-state index in [9.17, 15) is 18.0 Å². The number of sulfonamides is 1. The van der Waals surface area contributed by atoms with Gasteiger partial charge in [-0.3, -0.25) is 13.9 Å². The number of amides is 2. The summed E-state index contributed by atoms with van der Waals surface area (Å²) < 4.78 is 36.8. The van der Waals surface area contributed by atoms with Crippen molar-refractivity contribution >= 4 is 27.5 Å². The Morgan fingerprint density at radius 1 is 1.09 bits per heavy atom. The molecule has 1 unspecified atom stereocenters. The number of likely N-dealkylation sites (N-methyl/N-ethyl adjacent to an activating group) is 1. The Labute approximate surface area is 208 Å². The maximum Gasteiger partial charge on any atom is 0.242 e. The van der Waals surface area contributed by atoms with Crippen molar-refractivity contribution in [2.24, 2.45) is 0 Å². The van der Waals surface area contributed by atoms with E-state index in [1.807, 2.05) is 25.1 Å². The Morgan fingerprint density at radius 2 is 1.77 bits per heavy atom. The van der Waals surface area contributed by atoms with Gasteiger partial charge in [0.2, 0.25) is 21.8 Å². The molecular formula is C25H35N3O6S. The summed E-state index contributed by atoms with van der Waals surface area (Å²) in [5.41, 5.74) is 1.32. The van der Waals surface area contributed by atoms with Gasteiger partial charge in [-0.1, -0.05) is 12.1 Å². The number of ether oxygens (including phenoxy) is 2. The van der Waals surface area contributed by atoms with Gasteiger partial charge in [0.25, 0.3) is 0 Å². The highest BCUT2D eigenvalue weighted by Gasteiger charge is 2.26. The van der Waals surface area contributed by atoms with Crippen molar-refractivity contribution in [2.75, 3.05) is 37.9 Å². The monoisotopic (exact) mass is 505 g/mol. The van der Waals surface area contributed by atoms with Crippen molar-refractivity contribution < 1.29 is 27.5 Å². The quantitative estimate of drug-likeness (QED) is 0.449. The lowest BCUT2D eigenvalue weighted by molar-refractivity contribution is -0.140. The third-order valence-corrected chi connectivity index (χ3v) is 6.68. The predicted molar refractivity (Wildman–Crippen MR) is 136 cm³/mol. The molecule has 0 heterocycles. The lowest BCUT2D eigenvalue weighted by atomic mass is 10.1. The highest BCUT2D eigenvalue weighted by Crippen LogP contribution is 2.23. The first kappa shape index (κ1) is 28.0. The number of rotatable bonds is 13. The van der Waals surface area contributed by atoms with Crippen LogP contribution in [-0.2, 0) is 26.2 Å². The second kappa shape index (κ2) is 13.0. The molecule has 2 aromatic carbocycles. The summed E-state index contributed by atoms with van der Waals surface area (Å²) in [6.45, 7) is 4.40. The Morgan fingerprint density at radius 3 is 2.34 bits per heavy atom. The smallest absolute Gasteiger partial charge is 0.242 e. The average molecular weight is 506 g/mol. The lowest BCUT2D eigenvalue weighted by Crippen LogP contribution is -2.46. The number of nitrogens with zero attached hydrogens (tertiary/aromatic N) is 2. The number of hydrogen-bond acceptors (Lipinski definition) is 6.